The molecular formula is C10H14N4O3. The molecule has 0 radical (unpaired) electrons. The number of aromatic amines is 1. The predicted molar refractivity (Wildman–Crippen MR) is 58.0 cm³/mol. The van der Waals surface area contributed by atoms with E-state index in [4.69, 9.17) is 10.8 Å². The molecule has 0 bridgehead atoms. The minimum atomic E-state index is -1.03. The summed E-state index contributed by atoms with van der Waals surface area (Å²) in [6, 6.07) is -1.15. The van der Waals surface area contributed by atoms with Gasteiger partial charge in [-0.2, -0.15) is 0 Å². The fourth-order valence-electron chi connectivity index (χ4n) is 2.00. The quantitative estimate of drug-likeness (QED) is 0.620. The molecule has 0 saturated carbocycles. The summed E-state index contributed by atoms with van der Waals surface area (Å²) < 4.78 is 0. The minimum Gasteiger partial charge on any atom is -0.480 e. The van der Waals surface area contributed by atoms with Crippen molar-refractivity contribution in [2.24, 2.45) is 5.73 Å². The second-order valence-corrected chi connectivity index (χ2v) is 4.15. The first-order valence-electron chi connectivity index (χ1n) is 5.33. The highest BCUT2D eigenvalue weighted by atomic mass is 16.4. The number of amides is 1. The van der Waals surface area contributed by atoms with Crippen LogP contribution in [0.4, 0.5) is 0 Å². The van der Waals surface area contributed by atoms with Gasteiger partial charge in [0.1, 0.15) is 6.04 Å². The highest BCUT2D eigenvalue weighted by molar-refractivity contribution is 5.85. The molecule has 1 unspecified atom stereocenters. The predicted octanol–water partition coefficient (Wildman–Crippen LogP) is -1.03. The van der Waals surface area contributed by atoms with Gasteiger partial charge in [-0.3, -0.25) is 4.79 Å². The van der Waals surface area contributed by atoms with Crippen molar-refractivity contribution >= 4 is 11.9 Å². The maximum absolute atomic E-state index is 11.6. The SMILES string of the molecule is NC1CC(=O)N([C@@H](Cc2cnc[nH]2)C(=O)O)C1. The second kappa shape index (κ2) is 4.54. The van der Waals surface area contributed by atoms with Crippen molar-refractivity contribution in [3.8, 4) is 0 Å². The molecule has 1 aromatic heterocycles. The standard InChI is InChI=1S/C10H14N4O3/c11-6-1-9(15)14(4-6)8(10(16)17)2-7-3-12-5-13-7/h3,5-6,8H,1-2,4,11H2,(H,12,13)(H,16,17)/t6?,8-/m0/s1. The van der Waals surface area contributed by atoms with Gasteiger partial charge in [0.05, 0.1) is 6.33 Å². The third-order valence-electron chi connectivity index (χ3n) is 2.82. The molecule has 92 valence electrons. The highest BCUT2D eigenvalue weighted by Crippen LogP contribution is 2.16. The van der Waals surface area contributed by atoms with Crippen LogP contribution in [0.1, 0.15) is 12.1 Å². The Morgan fingerprint density at radius 2 is 2.53 bits per heavy atom. The lowest BCUT2D eigenvalue weighted by molar-refractivity contribution is -0.148. The number of aliphatic carboxylic acids is 1. The second-order valence-electron chi connectivity index (χ2n) is 4.15. The molecule has 7 heteroatoms. The number of carboxylic acids is 1. The topological polar surface area (TPSA) is 112 Å². The highest BCUT2D eigenvalue weighted by Gasteiger charge is 2.36. The minimum absolute atomic E-state index is 0.204. The van der Waals surface area contributed by atoms with E-state index >= 15 is 0 Å². The third-order valence-corrected chi connectivity index (χ3v) is 2.82. The van der Waals surface area contributed by atoms with Crippen LogP contribution in [0.25, 0.3) is 0 Å². The maximum Gasteiger partial charge on any atom is 0.326 e. The lowest BCUT2D eigenvalue weighted by Crippen LogP contribution is -2.44. The Labute approximate surface area is 97.6 Å². The number of nitrogens with one attached hydrogen (secondary N) is 1. The van der Waals surface area contributed by atoms with Crippen LogP contribution in [0, 0.1) is 0 Å². The van der Waals surface area contributed by atoms with Crippen LogP contribution in [-0.4, -0.2) is 50.5 Å². The number of imidazole rings is 1. The van der Waals surface area contributed by atoms with Crippen molar-refractivity contribution in [3.63, 3.8) is 0 Å². The molecule has 0 spiro atoms. The lowest BCUT2D eigenvalue weighted by atomic mass is 10.1. The van der Waals surface area contributed by atoms with E-state index in [1.165, 1.54) is 11.2 Å². The average molecular weight is 238 g/mol. The molecule has 0 aliphatic carbocycles. The van der Waals surface area contributed by atoms with Gasteiger partial charge >= 0.3 is 5.97 Å². The number of carbonyl (C=O) groups is 2. The summed E-state index contributed by atoms with van der Waals surface area (Å²) in [5.41, 5.74) is 6.34. The number of aromatic nitrogens is 2. The Balaban J connectivity index is 2.12. The molecule has 2 atom stereocenters. The normalized spacial score (nSPS) is 21.8. The Morgan fingerprint density at radius 1 is 1.76 bits per heavy atom. The van der Waals surface area contributed by atoms with Crippen molar-refractivity contribution in [3.05, 3.63) is 18.2 Å². The van der Waals surface area contributed by atoms with Crippen molar-refractivity contribution < 1.29 is 14.7 Å². The number of nitrogens with zero attached hydrogens (tertiary/aromatic N) is 2. The molecule has 1 fully saturated rings. The van der Waals surface area contributed by atoms with Gasteiger partial charge in [0, 0.05) is 37.3 Å². The lowest BCUT2D eigenvalue weighted by Gasteiger charge is -2.23. The third kappa shape index (κ3) is 2.44. The van der Waals surface area contributed by atoms with Crippen molar-refractivity contribution in [1.82, 2.24) is 14.9 Å². The smallest absolute Gasteiger partial charge is 0.326 e. The first kappa shape index (κ1) is 11.6. The molecule has 2 heterocycles. The molecule has 7 nitrogen and oxygen atoms in total. The summed E-state index contributed by atoms with van der Waals surface area (Å²) in [5, 5.41) is 9.17. The zero-order chi connectivity index (χ0) is 12.4. The molecule has 1 aliphatic heterocycles. The molecule has 1 aliphatic rings. The van der Waals surface area contributed by atoms with Crippen LogP contribution in [0.15, 0.2) is 12.5 Å². The van der Waals surface area contributed by atoms with Gasteiger partial charge in [0.15, 0.2) is 0 Å². The summed E-state index contributed by atoms with van der Waals surface area (Å²) in [6.45, 7) is 0.296. The molecule has 1 aromatic rings. The molecule has 4 N–H and O–H groups in total. The van der Waals surface area contributed by atoms with Gasteiger partial charge < -0.3 is 20.7 Å². The first-order valence-corrected chi connectivity index (χ1v) is 5.33. The van der Waals surface area contributed by atoms with Crippen molar-refractivity contribution in [1.29, 1.82) is 0 Å². The summed E-state index contributed by atoms with van der Waals surface area (Å²) in [5.74, 6) is -1.23. The van der Waals surface area contributed by atoms with Crippen LogP contribution in [-0.2, 0) is 16.0 Å². The number of carboxylic acid groups (broad SMARTS) is 1. The fraction of sp³-hybridized carbons (Fsp3) is 0.500. The molecule has 0 aromatic carbocycles. The number of hydrogen-bond donors (Lipinski definition) is 3. The van der Waals surface area contributed by atoms with Crippen LogP contribution in [0.3, 0.4) is 0 Å². The Morgan fingerprint density at radius 3 is 3.00 bits per heavy atom. The number of likely N-dealkylation sites (tertiary alicyclic amines) is 1. The molecule has 1 saturated heterocycles. The van der Waals surface area contributed by atoms with E-state index in [-0.39, 0.29) is 24.8 Å². The Hall–Kier alpha value is -1.89. The zero-order valence-electron chi connectivity index (χ0n) is 9.17. The van der Waals surface area contributed by atoms with Crippen LogP contribution >= 0.6 is 0 Å². The number of nitrogens with two attached hydrogens (primary N) is 1. The van der Waals surface area contributed by atoms with E-state index in [0.29, 0.717) is 12.2 Å². The molecule has 17 heavy (non-hydrogen) atoms. The zero-order valence-corrected chi connectivity index (χ0v) is 9.17. The Kier molecular flexibility index (Phi) is 3.10. The van der Waals surface area contributed by atoms with Crippen LogP contribution in [0.5, 0.6) is 0 Å². The summed E-state index contributed by atoms with van der Waals surface area (Å²) >= 11 is 0. The van der Waals surface area contributed by atoms with E-state index in [9.17, 15) is 9.59 Å². The average Bonchev–Trinajstić information content (AvgIpc) is 2.84. The Bertz CT molecular complexity index is 417. The van der Waals surface area contributed by atoms with Crippen molar-refractivity contribution in [2.75, 3.05) is 6.54 Å². The van der Waals surface area contributed by atoms with Gasteiger partial charge in [0.2, 0.25) is 5.91 Å². The van der Waals surface area contributed by atoms with Gasteiger partial charge in [-0.15, -0.1) is 0 Å². The van der Waals surface area contributed by atoms with E-state index < -0.39 is 12.0 Å². The van der Waals surface area contributed by atoms with Crippen molar-refractivity contribution in [2.45, 2.75) is 24.9 Å². The van der Waals surface area contributed by atoms with Gasteiger partial charge in [-0.05, 0) is 0 Å². The maximum atomic E-state index is 11.6. The largest absolute Gasteiger partial charge is 0.480 e. The molecule has 1 amide bonds. The number of hydrogen-bond acceptors (Lipinski definition) is 4. The fourth-order valence-corrected chi connectivity index (χ4v) is 2.00. The van der Waals surface area contributed by atoms with Gasteiger partial charge in [-0.1, -0.05) is 0 Å². The van der Waals surface area contributed by atoms with Gasteiger partial charge in [-0.25, -0.2) is 9.78 Å². The number of H-pyrrole nitrogens is 1. The number of rotatable bonds is 4. The monoisotopic (exact) mass is 238 g/mol. The van der Waals surface area contributed by atoms with E-state index in [1.54, 1.807) is 6.20 Å². The summed E-state index contributed by atoms with van der Waals surface area (Å²) in [4.78, 5) is 30.8. The van der Waals surface area contributed by atoms with E-state index in [1.807, 2.05) is 0 Å². The number of carbonyl (C=O) groups excluding carboxylic acids is 1. The molecular weight excluding hydrogens is 224 g/mol. The molecule has 2 rings (SSSR count). The van der Waals surface area contributed by atoms with Crippen LogP contribution < -0.4 is 5.73 Å². The summed E-state index contributed by atoms with van der Waals surface area (Å²) in [7, 11) is 0. The first-order chi connectivity index (χ1) is 8.08. The van der Waals surface area contributed by atoms with Crippen LogP contribution in [0.2, 0.25) is 0 Å². The summed E-state index contributed by atoms with van der Waals surface area (Å²) in [6.07, 6.45) is 3.46. The van der Waals surface area contributed by atoms with E-state index in [2.05, 4.69) is 9.97 Å². The van der Waals surface area contributed by atoms with E-state index in [0.717, 1.165) is 0 Å². The van der Waals surface area contributed by atoms with Gasteiger partial charge in [0.25, 0.3) is 0 Å².